The molecule has 4 aromatic rings. The maximum atomic E-state index is 12.7. The molecule has 0 radical (unpaired) electrons. The number of nitrogens with zero attached hydrogens (tertiary/aromatic N) is 3. The zero-order chi connectivity index (χ0) is 19.1. The van der Waals surface area contributed by atoms with E-state index in [2.05, 4.69) is 15.2 Å². The molecule has 138 valence electrons. The number of para-hydroxylation sites is 1. The highest BCUT2D eigenvalue weighted by Crippen LogP contribution is 2.30. The Labute approximate surface area is 162 Å². The minimum absolute atomic E-state index is 0.105. The van der Waals surface area contributed by atoms with E-state index in [4.69, 9.17) is 4.74 Å². The number of carbonyl (C=O) groups excluding carboxylic acids is 2. The molecular formula is C18H16N4O3S2. The topological polar surface area (TPSA) is 89.4 Å². The van der Waals surface area contributed by atoms with Gasteiger partial charge in [-0.2, -0.15) is 0 Å². The lowest BCUT2D eigenvalue weighted by molar-refractivity contribution is 0.0599. The predicted octanol–water partition coefficient (Wildman–Crippen LogP) is 3.65. The van der Waals surface area contributed by atoms with Crippen molar-refractivity contribution in [1.29, 1.82) is 0 Å². The van der Waals surface area contributed by atoms with Crippen molar-refractivity contribution in [2.45, 2.75) is 19.0 Å². The normalized spacial score (nSPS) is 11.4. The molecule has 9 heteroatoms. The summed E-state index contributed by atoms with van der Waals surface area (Å²) in [7, 11) is 1.33. The Morgan fingerprint density at radius 2 is 2.04 bits per heavy atom. The molecule has 0 atom stereocenters. The molecule has 3 heterocycles. The van der Waals surface area contributed by atoms with E-state index in [1.165, 1.54) is 18.9 Å². The number of aromatic nitrogens is 4. The number of fused-ring (bicyclic) bond motifs is 3. The fraction of sp³-hybridized carbons (Fsp3) is 0.222. The lowest BCUT2D eigenvalue weighted by Crippen LogP contribution is -2.07. The first-order valence-corrected chi connectivity index (χ1v) is 9.97. The Balaban J connectivity index is 1.60. The Morgan fingerprint density at radius 3 is 2.81 bits per heavy atom. The number of aryl methyl sites for hydroxylation is 1. The average Bonchev–Trinajstić information content (AvgIpc) is 3.31. The van der Waals surface area contributed by atoms with E-state index in [1.807, 2.05) is 28.7 Å². The number of hydrogen-bond acceptors (Lipinski definition) is 7. The zero-order valence-corrected chi connectivity index (χ0v) is 16.5. The van der Waals surface area contributed by atoms with Crippen LogP contribution < -0.4 is 0 Å². The molecule has 0 aliphatic carbocycles. The van der Waals surface area contributed by atoms with Crippen LogP contribution in [0.3, 0.4) is 0 Å². The highest BCUT2D eigenvalue weighted by molar-refractivity contribution is 7.99. The van der Waals surface area contributed by atoms with E-state index in [0.717, 1.165) is 15.2 Å². The van der Waals surface area contributed by atoms with Gasteiger partial charge in [-0.3, -0.25) is 9.20 Å². The number of H-pyrrole nitrogens is 1. The largest absolute Gasteiger partial charge is 0.465 e. The van der Waals surface area contributed by atoms with Gasteiger partial charge in [0.15, 0.2) is 10.9 Å². The number of rotatable bonds is 5. The number of thioether (sulfide) groups is 1. The van der Waals surface area contributed by atoms with E-state index in [0.29, 0.717) is 27.7 Å². The average molecular weight is 400 g/mol. The molecule has 3 aromatic heterocycles. The summed E-state index contributed by atoms with van der Waals surface area (Å²) in [4.78, 5) is 28.4. The van der Waals surface area contributed by atoms with Gasteiger partial charge in [0, 0.05) is 5.69 Å². The van der Waals surface area contributed by atoms with E-state index < -0.39 is 5.97 Å². The Hall–Kier alpha value is -2.65. The Morgan fingerprint density at radius 1 is 1.26 bits per heavy atom. The van der Waals surface area contributed by atoms with Crippen LogP contribution in [0.1, 0.15) is 32.1 Å². The molecule has 0 saturated carbocycles. The number of esters is 1. The molecular weight excluding hydrogens is 384 g/mol. The van der Waals surface area contributed by atoms with E-state index in [-0.39, 0.29) is 11.5 Å². The molecule has 27 heavy (non-hydrogen) atoms. The SMILES string of the molecule is COC(=O)c1c(C)[nH]c(C(=O)CSc2nnc3sc4ccccc4n23)c1C. The van der Waals surface area contributed by atoms with Crippen LogP contribution in [0.2, 0.25) is 0 Å². The van der Waals surface area contributed by atoms with Gasteiger partial charge in [-0.15, -0.1) is 10.2 Å². The quantitative estimate of drug-likeness (QED) is 0.312. The van der Waals surface area contributed by atoms with Gasteiger partial charge in [0.1, 0.15) is 0 Å². The number of Topliss-reactive ketones (excluding diaryl/α,β-unsaturated/α-hetero) is 1. The molecule has 7 nitrogen and oxygen atoms in total. The van der Waals surface area contributed by atoms with Crippen LogP contribution in [-0.4, -0.2) is 44.2 Å². The maximum absolute atomic E-state index is 12.7. The molecule has 0 fully saturated rings. The van der Waals surface area contributed by atoms with Crippen LogP contribution in [0.25, 0.3) is 15.2 Å². The number of carbonyl (C=O) groups is 2. The third-order valence-electron chi connectivity index (χ3n) is 4.35. The summed E-state index contributed by atoms with van der Waals surface area (Å²) in [6, 6.07) is 7.99. The van der Waals surface area contributed by atoms with E-state index in [1.54, 1.807) is 25.2 Å². The summed E-state index contributed by atoms with van der Waals surface area (Å²) in [5, 5.41) is 9.09. The third-order valence-corrected chi connectivity index (χ3v) is 6.29. The highest BCUT2D eigenvalue weighted by Gasteiger charge is 2.23. The van der Waals surface area contributed by atoms with Crippen molar-refractivity contribution in [3.63, 3.8) is 0 Å². The fourth-order valence-electron chi connectivity index (χ4n) is 3.09. The second-order valence-electron chi connectivity index (χ2n) is 6.00. The first-order chi connectivity index (χ1) is 13.0. The van der Waals surface area contributed by atoms with E-state index >= 15 is 0 Å². The molecule has 4 rings (SSSR count). The number of ether oxygens (including phenoxy) is 1. The summed E-state index contributed by atoms with van der Waals surface area (Å²) in [6.45, 7) is 3.50. The molecule has 0 saturated heterocycles. The monoisotopic (exact) mass is 400 g/mol. The van der Waals surface area contributed by atoms with Crippen LogP contribution in [0.4, 0.5) is 0 Å². The number of thiazole rings is 1. The maximum Gasteiger partial charge on any atom is 0.339 e. The van der Waals surface area contributed by atoms with Crippen molar-refractivity contribution in [3.8, 4) is 0 Å². The Bertz CT molecular complexity index is 1190. The van der Waals surface area contributed by atoms with Crippen molar-refractivity contribution < 1.29 is 14.3 Å². The van der Waals surface area contributed by atoms with Gasteiger partial charge >= 0.3 is 5.97 Å². The number of nitrogens with one attached hydrogen (secondary N) is 1. The van der Waals surface area contributed by atoms with E-state index in [9.17, 15) is 9.59 Å². The molecule has 0 spiro atoms. The molecule has 0 unspecified atom stereocenters. The highest BCUT2D eigenvalue weighted by atomic mass is 32.2. The number of benzene rings is 1. The number of aromatic amines is 1. The Kier molecular flexibility index (Phi) is 4.48. The van der Waals surface area contributed by atoms with Crippen LogP contribution in [-0.2, 0) is 4.74 Å². The first kappa shape index (κ1) is 17.7. The fourth-order valence-corrected chi connectivity index (χ4v) is 4.93. The zero-order valence-electron chi connectivity index (χ0n) is 14.9. The van der Waals surface area contributed by atoms with Gasteiger partial charge in [-0.25, -0.2) is 4.79 Å². The van der Waals surface area contributed by atoms with Gasteiger partial charge in [0.2, 0.25) is 4.96 Å². The smallest absolute Gasteiger partial charge is 0.339 e. The molecule has 1 N–H and O–H groups in total. The number of ketones is 1. The van der Waals surface area contributed by atoms with Gasteiger partial charge in [0.05, 0.1) is 34.3 Å². The van der Waals surface area contributed by atoms with Crippen LogP contribution in [0.5, 0.6) is 0 Å². The van der Waals surface area contributed by atoms with Crippen molar-refractivity contribution in [3.05, 3.63) is 46.8 Å². The lowest BCUT2D eigenvalue weighted by atomic mass is 10.1. The van der Waals surface area contributed by atoms with Gasteiger partial charge in [-0.05, 0) is 31.5 Å². The van der Waals surface area contributed by atoms with Crippen molar-refractivity contribution in [1.82, 2.24) is 19.6 Å². The van der Waals surface area contributed by atoms with Crippen LogP contribution in [0.15, 0.2) is 29.4 Å². The van der Waals surface area contributed by atoms with Crippen LogP contribution in [0, 0.1) is 13.8 Å². The van der Waals surface area contributed by atoms with Crippen LogP contribution >= 0.6 is 23.1 Å². The summed E-state index contributed by atoms with van der Waals surface area (Å²) in [6.07, 6.45) is 0. The third kappa shape index (κ3) is 2.92. The molecule has 0 amide bonds. The molecule has 0 bridgehead atoms. The minimum atomic E-state index is -0.447. The minimum Gasteiger partial charge on any atom is -0.465 e. The summed E-state index contributed by atoms with van der Waals surface area (Å²) in [5.74, 6) is -0.365. The second kappa shape index (κ2) is 6.82. The summed E-state index contributed by atoms with van der Waals surface area (Å²) >= 11 is 2.89. The van der Waals surface area contributed by atoms with Crippen molar-refractivity contribution >= 4 is 50.0 Å². The summed E-state index contributed by atoms with van der Waals surface area (Å²) < 4.78 is 7.88. The summed E-state index contributed by atoms with van der Waals surface area (Å²) in [5.41, 5.74) is 3.10. The molecule has 0 aliphatic heterocycles. The number of methoxy groups -OCH3 is 1. The second-order valence-corrected chi connectivity index (χ2v) is 7.95. The predicted molar refractivity (Wildman–Crippen MR) is 105 cm³/mol. The van der Waals surface area contributed by atoms with Crippen molar-refractivity contribution in [2.24, 2.45) is 0 Å². The van der Waals surface area contributed by atoms with Gasteiger partial charge in [-0.1, -0.05) is 35.2 Å². The van der Waals surface area contributed by atoms with Gasteiger partial charge in [0.25, 0.3) is 0 Å². The number of hydrogen-bond donors (Lipinski definition) is 1. The molecule has 0 aliphatic rings. The molecule has 1 aromatic carbocycles. The van der Waals surface area contributed by atoms with Crippen molar-refractivity contribution in [2.75, 3.05) is 12.9 Å². The standard InChI is InChI=1S/C18H16N4O3S2/c1-9-14(16(24)25-3)10(2)19-15(9)12(23)8-26-17-20-21-18-22(17)11-6-4-5-7-13(11)27-18/h4-7,19H,8H2,1-3H3. The lowest BCUT2D eigenvalue weighted by Gasteiger charge is -2.01. The first-order valence-electron chi connectivity index (χ1n) is 8.17. The van der Waals surface area contributed by atoms with Gasteiger partial charge < -0.3 is 9.72 Å².